The van der Waals surface area contributed by atoms with Crippen LogP contribution in [0.3, 0.4) is 0 Å². The Hall–Kier alpha value is -0.520. The molecule has 1 aliphatic rings. The fourth-order valence-corrected chi connectivity index (χ4v) is 3.65. The number of nitrogens with two attached hydrogens (primary N) is 1. The molecule has 18 heavy (non-hydrogen) atoms. The van der Waals surface area contributed by atoms with E-state index in [2.05, 4.69) is 18.9 Å². The highest BCUT2D eigenvalue weighted by atomic mass is 32.2. The number of hydrogen-bond acceptors (Lipinski definition) is 4. The van der Waals surface area contributed by atoms with E-state index in [0.29, 0.717) is 5.25 Å². The summed E-state index contributed by atoms with van der Waals surface area (Å²) in [4.78, 5) is 0. The standard InChI is InChI=1S/C13H23N3OS/c1-9(14)8-12-10(2)15-16(3)13(12)18-11-4-6-17-7-5-11/h9,11H,4-8,14H2,1-3H3. The summed E-state index contributed by atoms with van der Waals surface area (Å²) in [6.07, 6.45) is 3.17. The van der Waals surface area contributed by atoms with Crippen molar-refractivity contribution in [1.82, 2.24) is 9.78 Å². The van der Waals surface area contributed by atoms with E-state index < -0.39 is 0 Å². The smallest absolute Gasteiger partial charge is 0.0974 e. The molecule has 1 saturated heterocycles. The van der Waals surface area contributed by atoms with Crippen molar-refractivity contribution in [3.63, 3.8) is 0 Å². The van der Waals surface area contributed by atoms with Crippen LogP contribution in [-0.2, 0) is 18.2 Å². The molecule has 1 aromatic heterocycles. The minimum Gasteiger partial charge on any atom is -0.381 e. The second kappa shape index (κ2) is 6.08. The van der Waals surface area contributed by atoms with Crippen molar-refractivity contribution in [3.8, 4) is 0 Å². The van der Waals surface area contributed by atoms with Crippen LogP contribution in [-0.4, -0.2) is 34.3 Å². The Balaban J connectivity index is 2.14. The first-order chi connectivity index (χ1) is 8.58. The number of rotatable bonds is 4. The summed E-state index contributed by atoms with van der Waals surface area (Å²) < 4.78 is 7.42. The molecule has 1 atom stereocenters. The zero-order valence-electron chi connectivity index (χ0n) is 11.5. The number of nitrogens with zero attached hydrogens (tertiary/aromatic N) is 2. The summed E-state index contributed by atoms with van der Waals surface area (Å²) in [6.45, 7) is 5.90. The fraction of sp³-hybridized carbons (Fsp3) is 0.769. The SMILES string of the molecule is Cc1nn(C)c(SC2CCOCC2)c1CC(C)N. The van der Waals surface area contributed by atoms with Crippen molar-refractivity contribution in [2.75, 3.05) is 13.2 Å². The van der Waals surface area contributed by atoms with E-state index >= 15 is 0 Å². The lowest BCUT2D eigenvalue weighted by molar-refractivity contribution is 0.1000. The molecule has 5 heteroatoms. The van der Waals surface area contributed by atoms with Crippen LogP contribution in [0.4, 0.5) is 0 Å². The van der Waals surface area contributed by atoms with Gasteiger partial charge in [0.25, 0.3) is 0 Å². The molecule has 0 spiro atoms. The van der Waals surface area contributed by atoms with E-state index in [0.717, 1.165) is 38.2 Å². The van der Waals surface area contributed by atoms with Crippen LogP contribution in [0.1, 0.15) is 31.0 Å². The van der Waals surface area contributed by atoms with Crippen molar-refractivity contribution < 1.29 is 4.74 Å². The molecule has 1 fully saturated rings. The van der Waals surface area contributed by atoms with Gasteiger partial charge in [-0.3, -0.25) is 4.68 Å². The number of ether oxygens (including phenoxy) is 1. The van der Waals surface area contributed by atoms with Crippen LogP contribution in [0.2, 0.25) is 0 Å². The van der Waals surface area contributed by atoms with Gasteiger partial charge in [0.2, 0.25) is 0 Å². The van der Waals surface area contributed by atoms with Crippen LogP contribution in [0, 0.1) is 6.92 Å². The van der Waals surface area contributed by atoms with Gasteiger partial charge in [-0.05, 0) is 33.1 Å². The molecule has 0 bridgehead atoms. The van der Waals surface area contributed by atoms with Crippen LogP contribution < -0.4 is 5.73 Å². The average Bonchev–Trinajstić information content (AvgIpc) is 2.57. The Morgan fingerprint density at radius 1 is 1.50 bits per heavy atom. The van der Waals surface area contributed by atoms with E-state index in [1.165, 1.54) is 10.6 Å². The summed E-state index contributed by atoms with van der Waals surface area (Å²) >= 11 is 1.95. The van der Waals surface area contributed by atoms with Gasteiger partial charge in [-0.15, -0.1) is 11.8 Å². The third-order valence-electron chi connectivity index (χ3n) is 3.26. The van der Waals surface area contributed by atoms with Crippen molar-refractivity contribution in [1.29, 1.82) is 0 Å². The molecule has 2 rings (SSSR count). The van der Waals surface area contributed by atoms with E-state index in [9.17, 15) is 0 Å². The normalized spacial score (nSPS) is 19.1. The van der Waals surface area contributed by atoms with Crippen LogP contribution in [0.15, 0.2) is 5.03 Å². The molecule has 2 N–H and O–H groups in total. The first kappa shape index (κ1) is 13.9. The fourth-order valence-electron chi connectivity index (χ4n) is 2.34. The summed E-state index contributed by atoms with van der Waals surface area (Å²) in [7, 11) is 2.03. The minimum absolute atomic E-state index is 0.182. The second-order valence-corrected chi connectivity index (χ2v) is 6.39. The lowest BCUT2D eigenvalue weighted by Crippen LogP contribution is -2.20. The van der Waals surface area contributed by atoms with Gasteiger partial charge < -0.3 is 10.5 Å². The lowest BCUT2D eigenvalue weighted by atomic mass is 10.1. The summed E-state index contributed by atoms with van der Waals surface area (Å²) in [5.41, 5.74) is 8.38. The van der Waals surface area contributed by atoms with E-state index in [1.807, 2.05) is 23.5 Å². The number of aryl methyl sites for hydroxylation is 2. The van der Waals surface area contributed by atoms with Gasteiger partial charge in [0, 0.05) is 37.1 Å². The molecule has 0 amide bonds. The zero-order valence-corrected chi connectivity index (χ0v) is 12.3. The largest absolute Gasteiger partial charge is 0.381 e. The van der Waals surface area contributed by atoms with Crippen LogP contribution >= 0.6 is 11.8 Å². The summed E-state index contributed by atoms with van der Waals surface area (Å²) in [5, 5.41) is 6.48. The Bertz CT molecular complexity index is 397. The Morgan fingerprint density at radius 2 is 2.17 bits per heavy atom. The second-order valence-electron chi connectivity index (χ2n) is 5.10. The van der Waals surface area contributed by atoms with E-state index in [-0.39, 0.29) is 6.04 Å². The molecule has 2 heterocycles. The minimum atomic E-state index is 0.182. The average molecular weight is 269 g/mol. The highest BCUT2D eigenvalue weighted by molar-refractivity contribution is 7.99. The van der Waals surface area contributed by atoms with Gasteiger partial charge in [0.1, 0.15) is 0 Å². The zero-order chi connectivity index (χ0) is 13.1. The maximum atomic E-state index is 5.94. The molecule has 1 aromatic rings. The molecule has 0 aliphatic carbocycles. The Kier molecular flexibility index (Phi) is 4.70. The maximum absolute atomic E-state index is 5.94. The Labute approximate surface area is 113 Å². The number of thioether (sulfide) groups is 1. The number of aromatic nitrogens is 2. The molecule has 0 radical (unpaired) electrons. The summed E-state index contributed by atoms with van der Waals surface area (Å²) in [6, 6.07) is 0.182. The van der Waals surface area contributed by atoms with Crippen molar-refractivity contribution >= 4 is 11.8 Å². The molecular weight excluding hydrogens is 246 g/mol. The van der Waals surface area contributed by atoms with Gasteiger partial charge in [0.05, 0.1) is 10.7 Å². The predicted octanol–water partition coefficient (Wildman–Crippen LogP) is 1.89. The lowest BCUT2D eigenvalue weighted by Gasteiger charge is -2.22. The topological polar surface area (TPSA) is 53.1 Å². The van der Waals surface area contributed by atoms with E-state index in [1.54, 1.807) is 0 Å². The van der Waals surface area contributed by atoms with Gasteiger partial charge in [-0.25, -0.2) is 0 Å². The van der Waals surface area contributed by atoms with Crippen molar-refractivity contribution in [3.05, 3.63) is 11.3 Å². The summed E-state index contributed by atoms with van der Waals surface area (Å²) in [5.74, 6) is 0. The third kappa shape index (κ3) is 3.28. The molecule has 4 nitrogen and oxygen atoms in total. The van der Waals surface area contributed by atoms with Crippen molar-refractivity contribution in [2.45, 2.75) is 49.4 Å². The third-order valence-corrected chi connectivity index (χ3v) is 4.80. The van der Waals surface area contributed by atoms with Crippen molar-refractivity contribution in [2.24, 2.45) is 12.8 Å². The molecule has 1 unspecified atom stereocenters. The number of hydrogen-bond donors (Lipinski definition) is 1. The maximum Gasteiger partial charge on any atom is 0.0974 e. The molecule has 0 saturated carbocycles. The molecule has 0 aromatic carbocycles. The first-order valence-electron chi connectivity index (χ1n) is 6.60. The van der Waals surface area contributed by atoms with Gasteiger partial charge >= 0.3 is 0 Å². The first-order valence-corrected chi connectivity index (χ1v) is 7.48. The quantitative estimate of drug-likeness (QED) is 0.907. The van der Waals surface area contributed by atoms with Gasteiger partial charge in [0.15, 0.2) is 0 Å². The van der Waals surface area contributed by atoms with Crippen LogP contribution in [0.5, 0.6) is 0 Å². The Morgan fingerprint density at radius 3 is 2.78 bits per heavy atom. The van der Waals surface area contributed by atoms with Gasteiger partial charge in [-0.2, -0.15) is 5.10 Å². The van der Waals surface area contributed by atoms with Gasteiger partial charge in [-0.1, -0.05) is 0 Å². The van der Waals surface area contributed by atoms with Crippen LogP contribution in [0.25, 0.3) is 0 Å². The molecule has 102 valence electrons. The molecular formula is C13H23N3OS. The van der Waals surface area contributed by atoms with E-state index in [4.69, 9.17) is 10.5 Å². The molecule has 1 aliphatic heterocycles. The predicted molar refractivity (Wildman–Crippen MR) is 75.0 cm³/mol. The highest BCUT2D eigenvalue weighted by Gasteiger charge is 2.21. The monoisotopic (exact) mass is 269 g/mol. The highest BCUT2D eigenvalue weighted by Crippen LogP contribution is 2.33.